The molecule has 2 N–H and O–H groups in total. The van der Waals surface area contributed by atoms with Gasteiger partial charge >= 0.3 is 0 Å². The second-order valence-corrected chi connectivity index (χ2v) is 6.55. The summed E-state index contributed by atoms with van der Waals surface area (Å²) in [6.07, 6.45) is 1.36. The highest BCUT2D eigenvalue weighted by molar-refractivity contribution is 14.0. The number of aryl methyl sites for hydroxylation is 1. The van der Waals surface area contributed by atoms with Crippen LogP contribution in [0.15, 0.2) is 27.7 Å². The molecule has 0 aliphatic carbocycles. The molecule has 0 heterocycles. The molecule has 0 saturated heterocycles. The average molecular weight is 545 g/mol. The Hall–Kier alpha value is -0.940. The van der Waals surface area contributed by atoms with Crippen LogP contribution >= 0.6 is 39.9 Å². The highest BCUT2D eigenvalue weighted by Gasteiger charge is 2.05. The van der Waals surface area contributed by atoms with E-state index < -0.39 is 0 Å². The molecule has 0 spiro atoms. The molecule has 0 aliphatic rings. The van der Waals surface area contributed by atoms with E-state index in [1.165, 1.54) is 11.0 Å². The lowest BCUT2D eigenvalue weighted by atomic mass is 10.1. The summed E-state index contributed by atoms with van der Waals surface area (Å²) < 4.78 is 19.5. The van der Waals surface area contributed by atoms with Crippen molar-refractivity contribution >= 4 is 51.8 Å². The van der Waals surface area contributed by atoms with Crippen molar-refractivity contribution < 1.29 is 13.9 Å². The Morgan fingerprint density at radius 2 is 2.00 bits per heavy atom. The van der Waals surface area contributed by atoms with Gasteiger partial charge in [0.1, 0.15) is 12.4 Å². The molecule has 0 fully saturated rings. The number of rotatable bonds is 9. The van der Waals surface area contributed by atoms with E-state index in [-0.39, 0.29) is 42.2 Å². The number of aliphatic imine (C=N–C) groups is 1. The Bertz CT molecular complexity index is 588. The number of carbonyl (C=O) groups is 1. The van der Waals surface area contributed by atoms with Gasteiger partial charge in [-0.25, -0.2) is 9.38 Å². The minimum absolute atomic E-state index is 0. The average Bonchev–Trinajstić information content (AvgIpc) is 2.57. The standard InChI is InChI=1S/C17H26BrFN4O2.HI/c1-23(2)16(24)12-22-17(21-9-10-25-3)20-8-4-5-13-6-7-14(18)11-15(13)19;/h6-7,11H,4-5,8-10,12H2,1-3H3,(H2,20,21,22);1H. The van der Waals surface area contributed by atoms with E-state index in [0.717, 1.165) is 10.9 Å². The van der Waals surface area contributed by atoms with Gasteiger partial charge in [0.25, 0.3) is 0 Å². The third-order valence-electron chi connectivity index (χ3n) is 3.40. The van der Waals surface area contributed by atoms with Crippen LogP contribution in [0, 0.1) is 5.82 Å². The zero-order chi connectivity index (χ0) is 18.7. The number of hydrogen-bond acceptors (Lipinski definition) is 3. The number of carbonyl (C=O) groups excluding carboxylic acids is 1. The van der Waals surface area contributed by atoms with Gasteiger partial charge in [-0.2, -0.15) is 0 Å². The lowest BCUT2D eigenvalue weighted by molar-refractivity contribution is -0.127. The number of nitrogens with one attached hydrogen (secondary N) is 2. The van der Waals surface area contributed by atoms with Crippen LogP contribution in [0.2, 0.25) is 0 Å². The van der Waals surface area contributed by atoms with Crippen LogP contribution in [0.3, 0.4) is 0 Å². The molecule has 148 valence electrons. The molecule has 1 aromatic carbocycles. The molecule has 1 rings (SSSR count). The molecule has 9 heteroatoms. The van der Waals surface area contributed by atoms with Crippen molar-refractivity contribution in [3.8, 4) is 0 Å². The summed E-state index contributed by atoms with van der Waals surface area (Å²) in [7, 11) is 5.00. The highest BCUT2D eigenvalue weighted by Crippen LogP contribution is 2.16. The molecule has 26 heavy (non-hydrogen) atoms. The first-order valence-corrected chi connectivity index (χ1v) is 8.88. The summed E-state index contributed by atoms with van der Waals surface area (Å²) in [6, 6.07) is 5.08. The zero-order valence-corrected chi connectivity index (χ0v) is 19.3. The maximum absolute atomic E-state index is 13.8. The summed E-state index contributed by atoms with van der Waals surface area (Å²) in [5, 5.41) is 6.25. The molecule has 1 aromatic rings. The number of halogens is 3. The maximum atomic E-state index is 13.8. The topological polar surface area (TPSA) is 66.0 Å². The molecule has 0 aliphatic heterocycles. The fourth-order valence-electron chi connectivity index (χ4n) is 1.94. The van der Waals surface area contributed by atoms with Crippen LogP contribution in [-0.4, -0.2) is 64.2 Å². The lowest BCUT2D eigenvalue weighted by Crippen LogP contribution is -2.40. The highest BCUT2D eigenvalue weighted by atomic mass is 127. The van der Waals surface area contributed by atoms with Gasteiger partial charge in [-0.1, -0.05) is 22.0 Å². The van der Waals surface area contributed by atoms with Crippen LogP contribution in [0.1, 0.15) is 12.0 Å². The number of amides is 1. The molecule has 0 aromatic heterocycles. The van der Waals surface area contributed by atoms with Crippen molar-refractivity contribution in [2.24, 2.45) is 4.99 Å². The molecule has 1 amide bonds. The summed E-state index contributed by atoms with van der Waals surface area (Å²) in [5.74, 6) is 0.256. The number of ether oxygens (including phenoxy) is 1. The normalized spacial score (nSPS) is 10.9. The number of methoxy groups -OCH3 is 1. The number of benzene rings is 1. The summed E-state index contributed by atoms with van der Waals surface area (Å²) in [6.45, 7) is 1.80. The molecule has 0 unspecified atom stereocenters. The van der Waals surface area contributed by atoms with Gasteiger partial charge in [-0.05, 0) is 30.5 Å². The Morgan fingerprint density at radius 3 is 2.62 bits per heavy atom. The summed E-state index contributed by atoms with van der Waals surface area (Å²) in [5.41, 5.74) is 0.679. The zero-order valence-electron chi connectivity index (χ0n) is 15.3. The molecular formula is C17H27BrFIN4O2. The van der Waals surface area contributed by atoms with Crippen molar-refractivity contribution in [2.45, 2.75) is 12.8 Å². The monoisotopic (exact) mass is 544 g/mol. The first kappa shape index (κ1) is 25.1. The maximum Gasteiger partial charge on any atom is 0.243 e. The first-order valence-electron chi connectivity index (χ1n) is 8.09. The van der Waals surface area contributed by atoms with E-state index in [1.54, 1.807) is 27.3 Å². The van der Waals surface area contributed by atoms with E-state index in [9.17, 15) is 9.18 Å². The quantitative estimate of drug-likeness (QED) is 0.217. The fraction of sp³-hybridized carbons (Fsp3) is 0.529. The van der Waals surface area contributed by atoms with Crippen LogP contribution in [0.25, 0.3) is 0 Å². The molecule has 0 radical (unpaired) electrons. The van der Waals surface area contributed by atoms with Gasteiger partial charge in [0, 0.05) is 38.8 Å². The van der Waals surface area contributed by atoms with Crippen molar-refractivity contribution in [3.05, 3.63) is 34.1 Å². The Labute approximate surface area is 180 Å². The van der Waals surface area contributed by atoms with Crippen LogP contribution in [0.5, 0.6) is 0 Å². The van der Waals surface area contributed by atoms with Gasteiger partial charge in [0.15, 0.2) is 5.96 Å². The van der Waals surface area contributed by atoms with Gasteiger partial charge < -0.3 is 20.3 Å². The number of hydrogen-bond donors (Lipinski definition) is 2. The molecule has 0 bridgehead atoms. The Balaban J connectivity index is 0.00000625. The number of guanidine groups is 1. The third kappa shape index (κ3) is 10.3. The van der Waals surface area contributed by atoms with Crippen LogP contribution in [0.4, 0.5) is 4.39 Å². The third-order valence-corrected chi connectivity index (χ3v) is 3.89. The second kappa shape index (κ2) is 14.2. The molecule has 0 saturated carbocycles. The first-order chi connectivity index (χ1) is 11.9. The van der Waals surface area contributed by atoms with E-state index >= 15 is 0 Å². The predicted octanol–water partition coefficient (Wildman–Crippen LogP) is 2.41. The summed E-state index contributed by atoms with van der Waals surface area (Å²) in [4.78, 5) is 17.4. The van der Waals surface area contributed by atoms with E-state index in [4.69, 9.17) is 4.74 Å². The fourth-order valence-corrected chi connectivity index (χ4v) is 2.28. The van der Waals surface area contributed by atoms with E-state index in [1.807, 2.05) is 6.07 Å². The second-order valence-electron chi connectivity index (χ2n) is 5.64. The predicted molar refractivity (Wildman–Crippen MR) is 117 cm³/mol. The lowest BCUT2D eigenvalue weighted by Gasteiger charge is -2.13. The van der Waals surface area contributed by atoms with E-state index in [0.29, 0.717) is 37.6 Å². The minimum Gasteiger partial charge on any atom is -0.383 e. The summed E-state index contributed by atoms with van der Waals surface area (Å²) >= 11 is 3.25. The van der Waals surface area contributed by atoms with Gasteiger partial charge in [0.2, 0.25) is 5.91 Å². The van der Waals surface area contributed by atoms with E-state index in [2.05, 4.69) is 31.6 Å². The van der Waals surface area contributed by atoms with Gasteiger partial charge in [-0.15, -0.1) is 24.0 Å². The SMILES string of the molecule is COCCNC(=NCC(=O)N(C)C)NCCCc1ccc(Br)cc1F.I. The number of nitrogens with zero attached hydrogens (tertiary/aromatic N) is 2. The van der Waals surface area contributed by atoms with Gasteiger partial charge in [0.05, 0.1) is 6.61 Å². The molecular weight excluding hydrogens is 518 g/mol. The largest absolute Gasteiger partial charge is 0.383 e. The van der Waals surface area contributed by atoms with Crippen molar-refractivity contribution in [1.29, 1.82) is 0 Å². The molecule has 6 nitrogen and oxygen atoms in total. The molecule has 0 atom stereocenters. The minimum atomic E-state index is -0.210. The van der Waals surface area contributed by atoms with Crippen molar-refractivity contribution in [1.82, 2.24) is 15.5 Å². The Morgan fingerprint density at radius 1 is 1.31 bits per heavy atom. The number of likely N-dealkylation sites (N-methyl/N-ethyl adjacent to an activating group) is 1. The van der Waals surface area contributed by atoms with Crippen LogP contribution < -0.4 is 10.6 Å². The Kier molecular flexibility index (Phi) is 13.6. The van der Waals surface area contributed by atoms with Crippen LogP contribution in [-0.2, 0) is 16.0 Å². The van der Waals surface area contributed by atoms with Gasteiger partial charge in [-0.3, -0.25) is 4.79 Å². The van der Waals surface area contributed by atoms with Crippen molar-refractivity contribution in [2.75, 3.05) is 47.4 Å². The smallest absolute Gasteiger partial charge is 0.243 e. The van der Waals surface area contributed by atoms with Crippen molar-refractivity contribution in [3.63, 3.8) is 0 Å².